The Labute approximate surface area is 187 Å². The lowest BCUT2D eigenvalue weighted by molar-refractivity contribution is -0.126. The molecule has 3 aliphatic carbocycles. The third-order valence-electron chi connectivity index (χ3n) is 5.79. The first-order valence-corrected chi connectivity index (χ1v) is 10.7. The molecular weight excluding hydrogens is 592 g/mol. The molecule has 1 aromatic carbocycles. The van der Waals surface area contributed by atoms with Crippen molar-refractivity contribution in [3.05, 3.63) is 47.0 Å². The van der Waals surface area contributed by atoms with Crippen LogP contribution in [-0.2, 0) is 16.0 Å². The minimum atomic E-state index is -1.08. The molecule has 0 spiro atoms. The molecule has 1 amide bonds. The molecule has 0 saturated heterocycles. The molecule has 3 aliphatic rings. The number of Topliss-reactive ketones (excluding diaryl/α,β-unsaturated/α-hetero) is 2. The summed E-state index contributed by atoms with van der Waals surface area (Å²) in [5.41, 5.74) is 5.70. The molecule has 5 N–H and O–H groups in total. The molecule has 28 heavy (non-hydrogen) atoms. The Kier molecular flexibility index (Phi) is 4.72. The van der Waals surface area contributed by atoms with Crippen LogP contribution < -0.4 is 5.73 Å². The highest BCUT2D eigenvalue weighted by Crippen LogP contribution is 2.50. The number of ketones is 2. The number of hydrogen-bond donors (Lipinski definition) is 4. The van der Waals surface area contributed by atoms with Gasteiger partial charge in [0.1, 0.15) is 22.8 Å². The van der Waals surface area contributed by atoms with Gasteiger partial charge < -0.3 is 21.1 Å². The third-order valence-corrected chi connectivity index (χ3v) is 7.57. The van der Waals surface area contributed by atoms with Gasteiger partial charge >= 0.3 is 0 Å². The number of phenols is 1. The average Bonchev–Trinajstić information content (AvgIpc) is 2.58. The second kappa shape index (κ2) is 6.71. The van der Waals surface area contributed by atoms with E-state index in [1.165, 1.54) is 0 Å². The van der Waals surface area contributed by atoms with Crippen LogP contribution in [0.25, 0.3) is 0 Å². The fourth-order valence-electron chi connectivity index (χ4n) is 4.63. The third kappa shape index (κ3) is 2.69. The zero-order valence-corrected chi connectivity index (χ0v) is 18.6. The monoisotopic (exact) mass is 607 g/mol. The summed E-state index contributed by atoms with van der Waals surface area (Å²) in [5, 5.41) is 31.4. The van der Waals surface area contributed by atoms with Crippen molar-refractivity contribution >= 4 is 62.7 Å². The summed E-state index contributed by atoms with van der Waals surface area (Å²) in [4.78, 5) is 37.5. The van der Waals surface area contributed by atoms with Crippen molar-refractivity contribution in [2.24, 2.45) is 23.5 Å². The highest BCUT2D eigenvalue weighted by molar-refractivity contribution is 14.1. The summed E-state index contributed by atoms with van der Waals surface area (Å²) < 4.78 is 1.38. The maximum absolute atomic E-state index is 13.2. The number of amides is 1. The Morgan fingerprint density at radius 2 is 1.79 bits per heavy atom. The molecule has 146 valence electrons. The second-order valence-electron chi connectivity index (χ2n) is 7.30. The number of fused-ring (bicyclic) bond motifs is 3. The van der Waals surface area contributed by atoms with Crippen molar-refractivity contribution in [3.8, 4) is 5.75 Å². The molecule has 4 rings (SSSR count). The average molecular weight is 607 g/mol. The Balaban J connectivity index is 1.88. The number of rotatable bonds is 1. The quantitative estimate of drug-likeness (QED) is 0.287. The predicted molar refractivity (Wildman–Crippen MR) is 115 cm³/mol. The topological polar surface area (TPSA) is 138 Å². The van der Waals surface area contributed by atoms with Gasteiger partial charge in [0.25, 0.3) is 5.91 Å². The number of aromatic hydroxyl groups is 1. The van der Waals surface area contributed by atoms with E-state index in [1.54, 1.807) is 6.07 Å². The van der Waals surface area contributed by atoms with Crippen molar-refractivity contribution in [2.75, 3.05) is 0 Å². The molecule has 0 radical (unpaired) electrons. The van der Waals surface area contributed by atoms with Gasteiger partial charge in [-0.3, -0.25) is 14.4 Å². The fraction of sp³-hybridized carbons (Fsp3) is 0.316. The molecule has 0 aromatic heterocycles. The highest BCUT2D eigenvalue weighted by Gasteiger charge is 2.50. The van der Waals surface area contributed by atoms with Crippen LogP contribution >= 0.6 is 45.2 Å². The Morgan fingerprint density at radius 3 is 2.43 bits per heavy atom. The standard InChI is InChI=1S/C19H15I2NO6/c20-8-4-9(21)15(24)13-7(8)2-5-1-6-3-10(23)14(19(22)28)18(27)12(6)16(25)11(5)17(13)26/h4-6,12,23-25H,1-3H2,(H2,22,28)/t5-,6+,12?/m1/s1. The Morgan fingerprint density at radius 1 is 1.11 bits per heavy atom. The molecule has 9 heteroatoms. The largest absolute Gasteiger partial charge is 0.511 e. The van der Waals surface area contributed by atoms with Gasteiger partial charge in [-0.2, -0.15) is 0 Å². The SMILES string of the molecule is NC(=O)C1=C(O)C[C@@H]2C[C@@H]3Cc4c(I)cc(I)c(O)c4C(=O)C3=C(O)C2C1=O. The van der Waals surface area contributed by atoms with E-state index in [9.17, 15) is 29.7 Å². The molecule has 3 atom stereocenters. The normalized spacial score (nSPS) is 26.7. The zero-order chi connectivity index (χ0) is 20.5. The van der Waals surface area contributed by atoms with Gasteiger partial charge in [-0.05, 0) is 81.5 Å². The predicted octanol–water partition coefficient (Wildman–Crippen LogP) is 2.67. The van der Waals surface area contributed by atoms with Gasteiger partial charge in [-0.15, -0.1) is 0 Å². The molecule has 1 unspecified atom stereocenters. The lowest BCUT2D eigenvalue weighted by Gasteiger charge is -2.40. The van der Waals surface area contributed by atoms with Gasteiger partial charge in [-0.1, -0.05) is 0 Å². The fourth-order valence-corrected chi connectivity index (χ4v) is 6.61. The van der Waals surface area contributed by atoms with Crippen LogP contribution in [0, 0.1) is 24.9 Å². The molecule has 0 heterocycles. The molecule has 0 aliphatic heterocycles. The van der Waals surface area contributed by atoms with E-state index < -0.39 is 34.9 Å². The van der Waals surface area contributed by atoms with E-state index in [-0.39, 0.29) is 40.7 Å². The van der Waals surface area contributed by atoms with E-state index in [0.717, 1.165) is 9.13 Å². The molecular formula is C19H15I2NO6. The number of nitrogens with two attached hydrogens (primary N) is 1. The summed E-state index contributed by atoms with van der Waals surface area (Å²) in [6, 6.07) is 1.79. The van der Waals surface area contributed by atoms with Gasteiger partial charge in [0.15, 0.2) is 11.6 Å². The first-order chi connectivity index (χ1) is 13.1. The minimum absolute atomic E-state index is 0.0403. The van der Waals surface area contributed by atoms with Gasteiger partial charge in [-0.25, -0.2) is 0 Å². The number of carbonyl (C=O) groups is 3. The van der Waals surface area contributed by atoms with Crippen LogP contribution in [0.1, 0.15) is 28.8 Å². The molecule has 0 saturated carbocycles. The number of aliphatic hydroxyl groups is 2. The minimum Gasteiger partial charge on any atom is -0.511 e. The summed E-state index contributed by atoms with van der Waals surface area (Å²) in [6.45, 7) is 0. The Hall–Kier alpha value is -1.63. The van der Waals surface area contributed by atoms with Crippen LogP contribution in [-0.4, -0.2) is 32.8 Å². The number of aliphatic hydroxyl groups excluding tert-OH is 2. The van der Waals surface area contributed by atoms with Crippen LogP contribution in [0.2, 0.25) is 0 Å². The first-order valence-electron chi connectivity index (χ1n) is 8.57. The van der Waals surface area contributed by atoms with E-state index in [1.807, 2.05) is 22.6 Å². The van der Waals surface area contributed by atoms with Crippen molar-refractivity contribution in [2.45, 2.75) is 19.3 Å². The van der Waals surface area contributed by atoms with Gasteiger partial charge in [0.2, 0.25) is 0 Å². The lowest BCUT2D eigenvalue weighted by Crippen LogP contribution is -2.43. The van der Waals surface area contributed by atoms with Crippen molar-refractivity contribution in [1.82, 2.24) is 0 Å². The summed E-state index contributed by atoms with van der Waals surface area (Å²) >= 11 is 4.06. The van der Waals surface area contributed by atoms with Crippen molar-refractivity contribution < 1.29 is 29.7 Å². The summed E-state index contributed by atoms with van der Waals surface area (Å²) in [7, 11) is 0. The second-order valence-corrected chi connectivity index (χ2v) is 9.62. The molecule has 0 fully saturated rings. The summed E-state index contributed by atoms with van der Waals surface area (Å²) in [5.74, 6) is -5.01. The van der Waals surface area contributed by atoms with Crippen LogP contribution in [0.3, 0.4) is 0 Å². The van der Waals surface area contributed by atoms with E-state index in [0.29, 0.717) is 16.4 Å². The number of benzene rings is 1. The number of hydrogen-bond acceptors (Lipinski definition) is 6. The van der Waals surface area contributed by atoms with E-state index >= 15 is 0 Å². The maximum atomic E-state index is 13.2. The Bertz CT molecular complexity index is 1040. The number of allylic oxidation sites excluding steroid dienone is 3. The number of primary amides is 1. The number of carbonyl (C=O) groups excluding carboxylic acids is 3. The van der Waals surface area contributed by atoms with Crippen LogP contribution in [0.4, 0.5) is 0 Å². The molecule has 1 aromatic rings. The number of halogens is 2. The van der Waals surface area contributed by atoms with E-state index in [4.69, 9.17) is 5.73 Å². The van der Waals surface area contributed by atoms with Gasteiger partial charge in [0, 0.05) is 15.6 Å². The van der Waals surface area contributed by atoms with Crippen LogP contribution in [0.5, 0.6) is 5.75 Å². The highest BCUT2D eigenvalue weighted by atomic mass is 127. The number of phenolic OH excluding ortho intramolecular Hbond substituents is 1. The van der Waals surface area contributed by atoms with Gasteiger partial charge in [0.05, 0.1) is 15.1 Å². The first kappa shape index (κ1) is 19.7. The summed E-state index contributed by atoms with van der Waals surface area (Å²) in [6.07, 6.45) is 0.881. The van der Waals surface area contributed by atoms with Crippen molar-refractivity contribution in [3.63, 3.8) is 0 Å². The van der Waals surface area contributed by atoms with E-state index in [2.05, 4.69) is 22.6 Å². The maximum Gasteiger partial charge on any atom is 0.255 e. The van der Waals surface area contributed by atoms with Crippen LogP contribution in [0.15, 0.2) is 28.7 Å². The van der Waals surface area contributed by atoms with Crippen molar-refractivity contribution in [1.29, 1.82) is 0 Å². The molecule has 0 bridgehead atoms. The lowest BCUT2D eigenvalue weighted by atomic mass is 9.62. The molecule has 7 nitrogen and oxygen atoms in total. The zero-order valence-electron chi connectivity index (χ0n) is 14.3. The smallest absolute Gasteiger partial charge is 0.255 e.